The number of benzene rings is 1. The van der Waals surface area contributed by atoms with Crippen molar-refractivity contribution < 1.29 is 18.7 Å². The summed E-state index contributed by atoms with van der Waals surface area (Å²) in [6.45, 7) is 4.04. The molecular formula is C21H25F2N5O2. The lowest BCUT2D eigenvalue weighted by Crippen LogP contribution is -2.58. The Hall–Kier alpha value is -2.97. The molecule has 160 valence electrons. The third kappa shape index (κ3) is 3.42. The topological polar surface area (TPSA) is 81.6 Å². The van der Waals surface area contributed by atoms with Gasteiger partial charge in [0.2, 0.25) is 11.9 Å². The third-order valence-electron chi connectivity index (χ3n) is 5.86. The van der Waals surface area contributed by atoms with Crippen molar-refractivity contribution in [3.05, 3.63) is 30.0 Å². The lowest BCUT2D eigenvalue weighted by Gasteiger charge is -2.45. The van der Waals surface area contributed by atoms with Gasteiger partial charge in [-0.2, -0.15) is 4.98 Å². The summed E-state index contributed by atoms with van der Waals surface area (Å²) in [6, 6.07) is 1.82. The molecule has 0 saturated heterocycles. The summed E-state index contributed by atoms with van der Waals surface area (Å²) in [7, 11) is 1.71. The molecule has 4 rings (SSSR count). The first-order valence-corrected chi connectivity index (χ1v) is 10.2. The van der Waals surface area contributed by atoms with E-state index < -0.39 is 17.4 Å². The molecule has 1 aliphatic heterocycles. The maximum Gasteiger partial charge on any atom is 0.249 e. The minimum atomic E-state index is -1.08. The van der Waals surface area contributed by atoms with E-state index in [1.807, 2.05) is 13.8 Å². The molecule has 1 amide bonds. The van der Waals surface area contributed by atoms with E-state index in [1.165, 1.54) is 0 Å². The summed E-state index contributed by atoms with van der Waals surface area (Å²) in [6.07, 6.45) is 5.73. The first-order valence-electron chi connectivity index (χ1n) is 10.2. The number of amides is 1. The number of fused-ring (bicyclic) bond motifs is 1. The highest BCUT2D eigenvalue weighted by molar-refractivity contribution is 6.04. The molecule has 2 N–H and O–H groups in total. The maximum atomic E-state index is 13.7. The zero-order valence-corrected chi connectivity index (χ0v) is 17.2. The number of nitrogens with zero attached hydrogens (tertiary/aromatic N) is 4. The van der Waals surface area contributed by atoms with Gasteiger partial charge in [-0.05, 0) is 18.8 Å². The molecule has 1 aromatic carbocycles. The molecule has 1 atom stereocenters. The number of carbonyl (C=O) groups excluding carboxylic acids is 1. The van der Waals surface area contributed by atoms with Gasteiger partial charge in [-0.1, -0.05) is 26.7 Å². The maximum absolute atomic E-state index is 13.7. The number of phenolic OH excluding ortho intramolecular Hbond substituents is 1. The molecule has 2 aromatic rings. The Labute approximate surface area is 173 Å². The minimum Gasteiger partial charge on any atom is -0.503 e. The van der Waals surface area contributed by atoms with Gasteiger partial charge in [-0.15, -0.1) is 0 Å². The largest absolute Gasteiger partial charge is 0.503 e. The third-order valence-corrected chi connectivity index (χ3v) is 5.86. The number of hydrogen-bond donors (Lipinski definition) is 2. The second-order valence-electron chi connectivity index (χ2n) is 8.25. The standard InChI is InChI=1S/C21H25F2N5O2/c1-11(2)17-20(30)27(3)16-10-24-21(25-12-8-14(22)18(29)15(23)9-12)26-19(16)28(17)13-6-4-5-7-13/h8-11,13,17,29H,4-7H2,1-3H3,(H,24,25,26)/t17-/m1/s1. The van der Waals surface area contributed by atoms with Gasteiger partial charge in [-0.25, -0.2) is 13.8 Å². The van der Waals surface area contributed by atoms with E-state index in [2.05, 4.69) is 20.2 Å². The first kappa shape index (κ1) is 20.3. The number of halogens is 2. The van der Waals surface area contributed by atoms with E-state index in [0.29, 0.717) is 11.5 Å². The van der Waals surface area contributed by atoms with Crippen LogP contribution < -0.4 is 15.1 Å². The predicted octanol–water partition coefficient (Wildman–Crippen LogP) is 3.95. The molecule has 30 heavy (non-hydrogen) atoms. The Morgan fingerprint density at radius 1 is 1.20 bits per heavy atom. The van der Waals surface area contributed by atoms with Crippen molar-refractivity contribution >= 4 is 29.0 Å². The van der Waals surface area contributed by atoms with Gasteiger partial charge in [0.05, 0.1) is 6.20 Å². The number of aromatic hydroxyl groups is 1. The predicted molar refractivity (Wildman–Crippen MR) is 110 cm³/mol. The van der Waals surface area contributed by atoms with Crippen LogP contribution in [0.25, 0.3) is 0 Å². The van der Waals surface area contributed by atoms with Gasteiger partial charge < -0.3 is 20.2 Å². The lowest BCUT2D eigenvalue weighted by molar-refractivity contribution is -0.121. The number of hydrogen-bond acceptors (Lipinski definition) is 6. The van der Waals surface area contributed by atoms with Crippen LogP contribution in [0, 0.1) is 17.6 Å². The van der Waals surface area contributed by atoms with Crippen LogP contribution in [-0.4, -0.2) is 40.1 Å². The Morgan fingerprint density at radius 2 is 1.83 bits per heavy atom. The molecule has 0 unspecified atom stereocenters. The van der Waals surface area contributed by atoms with E-state index in [0.717, 1.165) is 37.8 Å². The second-order valence-corrected chi connectivity index (χ2v) is 8.25. The van der Waals surface area contributed by atoms with Crippen molar-refractivity contribution in [1.82, 2.24) is 9.97 Å². The van der Waals surface area contributed by atoms with Crippen LogP contribution in [0.3, 0.4) is 0 Å². The summed E-state index contributed by atoms with van der Waals surface area (Å²) in [5, 5.41) is 12.1. The van der Waals surface area contributed by atoms with Crippen molar-refractivity contribution in [2.75, 3.05) is 22.2 Å². The number of rotatable bonds is 4. The number of aromatic nitrogens is 2. The average Bonchev–Trinajstić information content (AvgIpc) is 3.22. The average molecular weight is 417 g/mol. The number of phenols is 1. The van der Waals surface area contributed by atoms with Crippen LogP contribution in [0.2, 0.25) is 0 Å². The summed E-state index contributed by atoms with van der Waals surface area (Å²) in [5.74, 6) is -2.29. The van der Waals surface area contributed by atoms with Gasteiger partial charge in [0, 0.05) is 30.9 Å². The van der Waals surface area contributed by atoms with E-state index in [1.54, 1.807) is 18.1 Å². The van der Waals surface area contributed by atoms with Crippen LogP contribution in [0.5, 0.6) is 5.75 Å². The molecule has 1 fully saturated rings. The normalized spacial score (nSPS) is 19.5. The molecule has 1 aliphatic carbocycles. The molecule has 2 aliphatic rings. The van der Waals surface area contributed by atoms with Crippen molar-refractivity contribution in [3.63, 3.8) is 0 Å². The van der Waals surface area contributed by atoms with Gasteiger partial charge in [-0.3, -0.25) is 4.79 Å². The Morgan fingerprint density at radius 3 is 2.43 bits per heavy atom. The van der Waals surface area contributed by atoms with Gasteiger partial charge >= 0.3 is 0 Å². The van der Waals surface area contributed by atoms with Crippen LogP contribution in [-0.2, 0) is 4.79 Å². The van der Waals surface area contributed by atoms with E-state index in [4.69, 9.17) is 0 Å². The van der Waals surface area contributed by atoms with Gasteiger partial charge in [0.25, 0.3) is 0 Å². The fourth-order valence-electron chi connectivity index (χ4n) is 4.38. The number of anilines is 4. The Bertz CT molecular complexity index is 955. The summed E-state index contributed by atoms with van der Waals surface area (Å²) < 4.78 is 27.4. The van der Waals surface area contributed by atoms with E-state index in [-0.39, 0.29) is 35.5 Å². The molecule has 7 nitrogen and oxygen atoms in total. The van der Waals surface area contributed by atoms with Crippen LogP contribution in [0.15, 0.2) is 18.3 Å². The van der Waals surface area contributed by atoms with Crippen molar-refractivity contribution in [1.29, 1.82) is 0 Å². The zero-order chi connectivity index (χ0) is 21.6. The van der Waals surface area contributed by atoms with Gasteiger partial charge in [0.15, 0.2) is 23.2 Å². The molecule has 0 bridgehead atoms. The van der Waals surface area contributed by atoms with Crippen LogP contribution in [0.1, 0.15) is 39.5 Å². The first-order chi connectivity index (χ1) is 14.3. The van der Waals surface area contributed by atoms with E-state index >= 15 is 0 Å². The highest BCUT2D eigenvalue weighted by Gasteiger charge is 2.43. The molecule has 1 saturated carbocycles. The number of nitrogens with one attached hydrogen (secondary N) is 1. The van der Waals surface area contributed by atoms with Crippen LogP contribution >= 0.6 is 0 Å². The van der Waals surface area contributed by atoms with Crippen LogP contribution in [0.4, 0.5) is 31.9 Å². The highest BCUT2D eigenvalue weighted by Crippen LogP contribution is 2.41. The highest BCUT2D eigenvalue weighted by atomic mass is 19.1. The fourth-order valence-corrected chi connectivity index (χ4v) is 4.38. The minimum absolute atomic E-state index is 0.0105. The van der Waals surface area contributed by atoms with Crippen molar-refractivity contribution in [2.24, 2.45) is 5.92 Å². The summed E-state index contributed by atoms with van der Waals surface area (Å²) in [4.78, 5) is 25.6. The zero-order valence-electron chi connectivity index (χ0n) is 17.2. The quantitative estimate of drug-likeness (QED) is 0.733. The van der Waals surface area contributed by atoms with Crippen molar-refractivity contribution in [3.8, 4) is 5.75 Å². The molecular weight excluding hydrogens is 392 g/mol. The number of likely N-dealkylation sites (N-methyl/N-ethyl adjacent to an activating group) is 1. The summed E-state index contributed by atoms with van der Waals surface area (Å²) >= 11 is 0. The fraction of sp³-hybridized carbons (Fsp3) is 0.476. The molecule has 1 aromatic heterocycles. The molecule has 9 heteroatoms. The molecule has 2 heterocycles. The number of carbonyl (C=O) groups is 1. The smallest absolute Gasteiger partial charge is 0.249 e. The van der Waals surface area contributed by atoms with Gasteiger partial charge in [0.1, 0.15) is 11.7 Å². The monoisotopic (exact) mass is 417 g/mol. The summed E-state index contributed by atoms with van der Waals surface area (Å²) in [5.41, 5.74) is 0.688. The SMILES string of the molecule is CC(C)[C@@H]1C(=O)N(C)c2cnc(Nc3cc(F)c(O)c(F)c3)nc2N1C1CCCC1. The molecule has 0 spiro atoms. The Balaban J connectivity index is 1.75. The second kappa shape index (κ2) is 7.70. The van der Waals surface area contributed by atoms with Crippen molar-refractivity contribution in [2.45, 2.75) is 51.6 Å². The Kier molecular flexibility index (Phi) is 5.21. The van der Waals surface area contributed by atoms with E-state index in [9.17, 15) is 18.7 Å². The molecule has 0 radical (unpaired) electrons. The lowest BCUT2D eigenvalue weighted by atomic mass is 9.96.